The molecular formula is C14H20ClF3N2O2S. The predicted molar refractivity (Wildman–Crippen MR) is 84.3 cm³/mol. The van der Waals surface area contributed by atoms with E-state index in [9.17, 15) is 21.6 Å². The van der Waals surface area contributed by atoms with E-state index in [2.05, 4.69) is 5.32 Å². The molecule has 0 atom stereocenters. The summed E-state index contributed by atoms with van der Waals surface area (Å²) < 4.78 is 63.2. The Balaban J connectivity index is 0.00000264. The second-order valence-electron chi connectivity index (χ2n) is 5.40. The SMILES string of the molecule is CNC1CCN(S(=O)(=O)c2ccc(CC(F)(F)F)cc2)CC1.Cl. The van der Waals surface area contributed by atoms with Gasteiger partial charge in [-0.3, -0.25) is 0 Å². The van der Waals surface area contributed by atoms with Crippen LogP contribution in [0.25, 0.3) is 0 Å². The van der Waals surface area contributed by atoms with Crippen LogP contribution in [-0.4, -0.2) is 45.1 Å². The van der Waals surface area contributed by atoms with Crippen molar-refractivity contribution in [2.45, 2.75) is 36.4 Å². The molecule has 1 aliphatic heterocycles. The molecule has 1 aromatic rings. The smallest absolute Gasteiger partial charge is 0.317 e. The number of sulfonamides is 1. The Labute approximate surface area is 140 Å². The van der Waals surface area contributed by atoms with Gasteiger partial charge < -0.3 is 5.32 Å². The molecule has 0 spiro atoms. The topological polar surface area (TPSA) is 49.4 Å². The number of nitrogens with one attached hydrogen (secondary N) is 1. The maximum atomic E-state index is 12.5. The fourth-order valence-electron chi connectivity index (χ4n) is 2.54. The third-order valence-electron chi connectivity index (χ3n) is 3.83. The maximum Gasteiger partial charge on any atom is 0.393 e. The molecule has 1 aromatic carbocycles. The van der Waals surface area contributed by atoms with E-state index < -0.39 is 22.6 Å². The molecule has 9 heteroatoms. The van der Waals surface area contributed by atoms with E-state index in [4.69, 9.17) is 0 Å². The third-order valence-corrected chi connectivity index (χ3v) is 5.74. The highest BCUT2D eigenvalue weighted by atomic mass is 35.5. The predicted octanol–water partition coefficient (Wildman–Crippen LogP) is 2.59. The van der Waals surface area contributed by atoms with Gasteiger partial charge in [0.2, 0.25) is 10.0 Å². The molecule has 4 nitrogen and oxygen atoms in total. The highest BCUT2D eigenvalue weighted by molar-refractivity contribution is 7.89. The van der Waals surface area contributed by atoms with Crippen LogP contribution in [0.15, 0.2) is 29.2 Å². The summed E-state index contributed by atoms with van der Waals surface area (Å²) in [5.74, 6) is 0. The van der Waals surface area contributed by atoms with Crippen molar-refractivity contribution >= 4 is 22.4 Å². The zero-order valence-electron chi connectivity index (χ0n) is 12.6. The fraction of sp³-hybridized carbons (Fsp3) is 0.571. The Kier molecular flexibility index (Phi) is 6.88. The molecule has 1 fully saturated rings. The maximum absolute atomic E-state index is 12.5. The van der Waals surface area contributed by atoms with Crippen LogP contribution in [-0.2, 0) is 16.4 Å². The minimum absolute atomic E-state index is 0. The van der Waals surface area contributed by atoms with Gasteiger partial charge in [0, 0.05) is 19.1 Å². The van der Waals surface area contributed by atoms with Crippen molar-refractivity contribution in [1.82, 2.24) is 9.62 Å². The average molecular weight is 373 g/mol. The van der Waals surface area contributed by atoms with Crippen molar-refractivity contribution in [3.63, 3.8) is 0 Å². The normalized spacial score (nSPS) is 17.7. The van der Waals surface area contributed by atoms with E-state index in [1.54, 1.807) is 0 Å². The summed E-state index contributed by atoms with van der Waals surface area (Å²) in [4.78, 5) is 0.0429. The number of benzene rings is 1. The molecule has 1 aliphatic rings. The fourth-order valence-corrected chi connectivity index (χ4v) is 4.01. The van der Waals surface area contributed by atoms with Crippen LogP contribution in [0.4, 0.5) is 13.2 Å². The number of alkyl halides is 3. The summed E-state index contributed by atoms with van der Waals surface area (Å²) in [6.45, 7) is 0.830. The molecule has 0 saturated carbocycles. The summed E-state index contributed by atoms with van der Waals surface area (Å²) in [6, 6.07) is 5.25. The molecule has 0 aromatic heterocycles. The van der Waals surface area contributed by atoms with E-state index >= 15 is 0 Å². The highest BCUT2D eigenvalue weighted by Gasteiger charge is 2.30. The molecule has 0 unspecified atom stereocenters. The second-order valence-corrected chi connectivity index (χ2v) is 7.34. The van der Waals surface area contributed by atoms with Gasteiger partial charge in [-0.1, -0.05) is 12.1 Å². The molecule has 0 aliphatic carbocycles. The Morgan fingerprint density at radius 2 is 1.70 bits per heavy atom. The van der Waals surface area contributed by atoms with Crippen molar-refractivity contribution in [3.8, 4) is 0 Å². The van der Waals surface area contributed by atoms with Crippen LogP contribution in [0.2, 0.25) is 0 Å². The first kappa shape index (κ1) is 20.2. The number of halogens is 4. The molecule has 1 N–H and O–H groups in total. The highest BCUT2D eigenvalue weighted by Crippen LogP contribution is 2.24. The number of nitrogens with zero attached hydrogens (tertiary/aromatic N) is 1. The summed E-state index contributed by atoms with van der Waals surface area (Å²) in [5.41, 5.74) is 0.0559. The monoisotopic (exact) mass is 372 g/mol. The van der Waals surface area contributed by atoms with Gasteiger partial charge in [0.15, 0.2) is 0 Å². The average Bonchev–Trinajstić information content (AvgIpc) is 2.46. The van der Waals surface area contributed by atoms with Crippen LogP contribution in [0.1, 0.15) is 18.4 Å². The summed E-state index contributed by atoms with van der Waals surface area (Å²) in [7, 11) is -1.79. The van der Waals surface area contributed by atoms with Gasteiger partial charge in [0.25, 0.3) is 0 Å². The minimum Gasteiger partial charge on any atom is -0.317 e. The molecule has 0 radical (unpaired) electrons. The van der Waals surface area contributed by atoms with Crippen LogP contribution < -0.4 is 5.32 Å². The number of hydrogen-bond donors (Lipinski definition) is 1. The lowest BCUT2D eigenvalue weighted by Crippen LogP contribution is -2.43. The largest absolute Gasteiger partial charge is 0.393 e. The Morgan fingerprint density at radius 1 is 1.17 bits per heavy atom. The zero-order chi connectivity index (χ0) is 16.4. The Morgan fingerprint density at radius 3 is 2.13 bits per heavy atom. The third kappa shape index (κ3) is 5.34. The number of hydrogen-bond acceptors (Lipinski definition) is 3. The standard InChI is InChI=1S/C14H19F3N2O2S.ClH/c1-18-12-6-8-19(9-7-12)22(20,21)13-4-2-11(3-5-13)10-14(15,16)17;/h2-5,12,18H,6-10H2,1H3;1H. The number of rotatable bonds is 4. The summed E-state index contributed by atoms with van der Waals surface area (Å²) in [5, 5.41) is 3.12. The quantitative estimate of drug-likeness (QED) is 0.883. The van der Waals surface area contributed by atoms with E-state index in [-0.39, 0.29) is 22.9 Å². The zero-order valence-corrected chi connectivity index (χ0v) is 14.3. The second kappa shape index (κ2) is 7.83. The minimum atomic E-state index is -4.30. The van der Waals surface area contributed by atoms with Gasteiger partial charge in [0.05, 0.1) is 11.3 Å². The lowest BCUT2D eigenvalue weighted by Gasteiger charge is -2.31. The molecule has 23 heavy (non-hydrogen) atoms. The molecule has 0 amide bonds. The summed E-state index contributed by atoms with van der Waals surface area (Å²) in [6.07, 6.45) is -3.90. The van der Waals surface area contributed by atoms with Gasteiger partial charge in [-0.2, -0.15) is 17.5 Å². The first-order valence-electron chi connectivity index (χ1n) is 7.05. The van der Waals surface area contributed by atoms with Crippen molar-refractivity contribution in [2.24, 2.45) is 0 Å². The van der Waals surface area contributed by atoms with Crippen molar-refractivity contribution < 1.29 is 21.6 Å². The van der Waals surface area contributed by atoms with Crippen molar-refractivity contribution in [1.29, 1.82) is 0 Å². The van der Waals surface area contributed by atoms with Crippen LogP contribution in [0.3, 0.4) is 0 Å². The molecule has 1 heterocycles. The molecule has 2 rings (SSSR count). The lowest BCUT2D eigenvalue weighted by molar-refractivity contribution is -0.127. The van der Waals surface area contributed by atoms with Crippen molar-refractivity contribution in [3.05, 3.63) is 29.8 Å². The van der Waals surface area contributed by atoms with Crippen LogP contribution in [0, 0.1) is 0 Å². The van der Waals surface area contributed by atoms with E-state index in [0.29, 0.717) is 19.1 Å². The Bertz CT molecular complexity index is 597. The first-order valence-corrected chi connectivity index (χ1v) is 8.49. The number of piperidine rings is 1. The van der Waals surface area contributed by atoms with E-state index in [1.807, 2.05) is 7.05 Å². The summed E-state index contributed by atoms with van der Waals surface area (Å²) >= 11 is 0. The van der Waals surface area contributed by atoms with Gasteiger partial charge in [-0.15, -0.1) is 12.4 Å². The molecule has 1 saturated heterocycles. The van der Waals surface area contributed by atoms with Gasteiger partial charge >= 0.3 is 6.18 Å². The van der Waals surface area contributed by atoms with Crippen molar-refractivity contribution in [2.75, 3.05) is 20.1 Å². The lowest BCUT2D eigenvalue weighted by atomic mass is 10.1. The van der Waals surface area contributed by atoms with Crippen LogP contribution in [0.5, 0.6) is 0 Å². The van der Waals surface area contributed by atoms with E-state index in [0.717, 1.165) is 12.8 Å². The van der Waals surface area contributed by atoms with Crippen LogP contribution >= 0.6 is 12.4 Å². The first-order chi connectivity index (χ1) is 10.2. The molecule has 132 valence electrons. The molecular weight excluding hydrogens is 353 g/mol. The van der Waals surface area contributed by atoms with Gasteiger partial charge in [-0.05, 0) is 37.6 Å². The van der Waals surface area contributed by atoms with E-state index in [1.165, 1.54) is 28.6 Å². The Hall–Kier alpha value is -0.830. The van der Waals surface area contributed by atoms with Gasteiger partial charge in [0.1, 0.15) is 0 Å². The molecule has 0 bridgehead atoms. The van der Waals surface area contributed by atoms with Gasteiger partial charge in [-0.25, -0.2) is 8.42 Å².